The minimum Gasteiger partial charge on any atom is -0.378 e. The first-order valence-corrected chi connectivity index (χ1v) is 8.64. The van der Waals surface area contributed by atoms with Crippen LogP contribution < -0.4 is 10.2 Å². The first-order chi connectivity index (χ1) is 12.3. The van der Waals surface area contributed by atoms with Gasteiger partial charge >= 0.3 is 6.03 Å². The van der Waals surface area contributed by atoms with Crippen molar-refractivity contribution in [3.63, 3.8) is 0 Å². The molecule has 1 aliphatic rings. The van der Waals surface area contributed by atoms with Gasteiger partial charge in [-0.05, 0) is 62.7 Å². The van der Waals surface area contributed by atoms with Crippen molar-refractivity contribution in [2.24, 2.45) is 0 Å². The standard InChI is InChI=1S/C20H24N4O2/c1-6-23-19(25)18(21-20(23)26)12-15-11-13(2)24(14(15)3)17-9-7-16(8-10-17)22(4)5/h7-12H,6H2,1-5H3,(H,21,26)/b18-12+. The Balaban J connectivity index is 1.98. The van der Waals surface area contributed by atoms with E-state index in [1.165, 1.54) is 4.90 Å². The largest absolute Gasteiger partial charge is 0.378 e. The molecule has 1 aromatic heterocycles. The number of aryl methyl sites for hydroxylation is 1. The van der Waals surface area contributed by atoms with Crippen molar-refractivity contribution in [2.75, 3.05) is 25.5 Å². The number of carbonyl (C=O) groups excluding carboxylic acids is 2. The summed E-state index contributed by atoms with van der Waals surface area (Å²) in [7, 11) is 4.02. The average molecular weight is 352 g/mol. The summed E-state index contributed by atoms with van der Waals surface area (Å²) >= 11 is 0. The molecule has 3 amide bonds. The number of benzene rings is 1. The van der Waals surface area contributed by atoms with Crippen LogP contribution in [0.3, 0.4) is 0 Å². The maximum absolute atomic E-state index is 12.3. The molecule has 0 spiro atoms. The molecule has 0 unspecified atom stereocenters. The molecule has 0 atom stereocenters. The van der Waals surface area contributed by atoms with Crippen LogP contribution >= 0.6 is 0 Å². The molecule has 1 aromatic carbocycles. The Bertz CT molecular complexity index is 891. The Labute approximate surface area is 153 Å². The molecule has 0 saturated carbocycles. The van der Waals surface area contributed by atoms with Crippen LogP contribution in [0.25, 0.3) is 11.8 Å². The summed E-state index contributed by atoms with van der Waals surface area (Å²) < 4.78 is 2.14. The highest BCUT2D eigenvalue weighted by Crippen LogP contribution is 2.25. The highest BCUT2D eigenvalue weighted by atomic mass is 16.2. The van der Waals surface area contributed by atoms with Crippen LogP contribution in [-0.4, -0.2) is 42.0 Å². The molecule has 0 bridgehead atoms. The first kappa shape index (κ1) is 17.8. The zero-order chi connectivity index (χ0) is 19.0. The number of urea groups is 1. The molecule has 136 valence electrons. The van der Waals surface area contributed by atoms with E-state index in [0.717, 1.165) is 28.3 Å². The van der Waals surface area contributed by atoms with E-state index in [1.807, 2.05) is 34.0 Å². The molecule has 1 N–H and O–H groups in total. The van der Waals surface area contributed by atoms with E-state index in [9.17, 15) is 9.59 Å². The molecule has 26 heavy (non-hydrogen) atoms. The number of nitrogens with one attached hydrogen (secondary N) is 1. The summed E-state index contributed by atoms with van der Waals surface area (Å²) in [5.74, 6) is -0.280. The van der Waals surface area contributed by atoms with Crippen molar-refractivity contribution in [3.05, 3.63) is 53.0 Å². The lowest BCUT2D eigenvalue weighted by Gasteiger charge is -2.14. The SMILES string of the molecule is CCN1C(=O)N/C(=C/c2cc(C)n(-c3ccc(N(C)C)cc3)c2C)C1=O. The third-order valence-electron chi connectivity index (χ3n) is 4.67. The van der Waals surface area contributed by atoms with Crippen molar-refractivity contribution in [2.45, 2.75) is 20.8 Å². The van der Waals surface area contributed by atoms with Crippen LogP contribution in [0.5, 0.6) is 0 Å². The highest BCUT2D eigenvalue weighted by Gasteiger charge is 2.32. The zero-order valence-electron chi connectivity index (χ0n) is 15.8. The van der Waals surface area contributed by atoms with Gasteiger partial charge in [0.1, 0.15) is 5.70 Å². The van der Waals surface area contributed by atoms with Crippen molar-refractivity contribution < 1.29 is 9.59 Å². The fourth-order valence-electron chi connectivity index (χ4n) is 3.25. The minimum atomic E-state index is -0.364. The quantitative estimate of drug-likeness (QED) is 0.680. The number of likely N-dealkylation sites (N-methyl/N-ethyl adjacent to an activating group) is 1. The van der Waals surface area contributed by atoms with E-state index in [1.54, 1.807) is 13.0 Å². The van der Waals surface area contributed by atoms with Gasteiger partial charge in [-0.25, -0.2) is 4.79 Å². The molecule has 1 aliphatic heterocycles. The Hall–Kier alpha value is -3.02. The van der Waals surface area contributed by atoms with E-state index in [4.69, 9.17) is 0 Å². The monoisotopic (exact) mass is 352 g/mol. The van der Waals surface area contributed by atoms with E-state index in [0.29, 0.717) is 12.2 Å². The van der Waals surface area contributed by atoms with Gasteiger partial charge in [-0.1, -0.05) is 0 Å². The molecular weight excluding hydrogens is 328 g/mol. The Morgan fingerprint density at radius 3 is 2.31 bits per heavy atom. The minimum absolute atomic E-state index is 0.280. The predicted octanol–water partition coefficient (Wildman–Crippen LogP) is 3.07. The van der Waals surface area contributed by atoms with Gasteiger partial charge in [-0.15, -0.1) is 0 Å². The molecular formula is C20H24N4O2. The lowest BCUT2D eigenvalue weighted by Crippen LogP contribution is -2.30. The maximum atomic E-state index is 12.3. The van der Waals surface area contributed by atoms with Crippen LogP contribution in [0, 0.1) is 13.8 Å². The van der Waals surface area contributed by atoms with Crippen molar-refractivity contribution in [1.29, 1.82) is 0 Å². The smallest absolute Gasteiger partial charge is 0.328 e. The number of rotatable bonds is 4. The fraction of sp³-hybridized carbons (Fsp3) is 0.300. The molecule has 3 rings (SSSR count). The fourth-order valence-corrected chi connectivity index (χ4v) is 3.25. The first-order valence-electron chi connectivity index (χ1n) is 8.64. The number of anilines is 1. The summed E-state index contributed by atoms with van der Waals surface area (Å²) in [4.78, 5) is 27.4. The number of aromatic nitrogens is 1. The van der Waals surface area contributed by atoms with Gasteiger partial charge in [0.15, 0.2) is 0 Å². The van der Waals surface area contributed by atoms with Crippen LogP contribution in [0.2, 0.25) is 0 Å². The van der Waals surface area contributed by atoms with Crippen molar-refractivity contribution in [3.8, 4) is 5.69 Å². The summed E-state index contributed by atoms with van der Waals surface area (Å²) in [6.07, 6.45) is 1.75. The van der Waals surface area contributed by atoms with Gasteiger partial charge in [-0.2, -0.15) is 0 Å². The van der Waals surface area contributed by atoms with Gasteiger partial charge in [0.2, 0.25) is 0 Å². The van der Waals surface area contributed by atoms with Crippen LogP contribution in [0.4, 0.5) is 10.5 Å². The van der Waals surface area contributed by atoms with E-state index < -0.39 is 0 Å². The van der Waals surface area contributed by atoms with Gasteiger partial charge in [0, 0.05) is 43.4 Å². The van der Waals surface area contributed by atoms with Crippen LogP contribution in [0.15, 0.2) is 36.0 Å². The molecule has 2 aromatic rings. The van der Waals surface area contributed by atoms with Crippen LogP contribution in [-0.2, 0) is 4.79 Å². The molecule has 0 radical (unpaired) electrons. The third-order valence-corrected chi connectivity index (χ3v) is 4.67. The number of amides is 3. The summed E-state index contributed by atoms with van der Waals surface area (Å²) in [5.41, 5.74) is 5.52. The summed E-state index contributed by atoms with van der Waals surface area (Å²) in [5, 5.41) is 2.65. The molecule has 6 heteroatoms. The predicted molar refractivity (Wildman–Crippen MR) is 103 cm³/mol. The Morgan fingerprint density at radius 1 is 1.12 bits per heavy atom. The third kappa shape index (κ3) is 2.98. The van der Waals surface area contributed by atoms with Crippen molar-refractivity contribution in [1.82, 2.24) is 14.8 Å². The summed E-state index contributed by atoms with van der Waals surface area (Å²) in [6, 6.07) is 9.97. The Morgan fingerprint density at radius 2 is 1.77 bits per heavy atom. The van der Waals surface area contributed by atoms with Gasteiger partial charge < -0.3 is 14.8 Å². The second kappa shape index (κ2) is 6.71. The molecule has 0 aliphatic carbocycles. The van der Waals surface area contributed by atoms with Gasteiger partial charge in [0.25, 0.3) is 5.91 Å². The number of carbonyl (C=O) groups is 2. The normalized spacial score (nSPS) is 15.7. The zero-order valence-corrected chi connectivity index (χ0v) is 15.8. The second-order valence-electron chi connectivity index (χ2n) is 6.61. The van der Waals surface area contributed by atoms with Crippen molar-refractivity contribution >= 4 is 23.7 Å². The van der Waals surface area contributed by atoms with E-state index in [2.05, 4.69) is 39.0 Å². The van der Waals surface area contributed by atoms with E-state index in [-0.39, 0.29) is 11.9 Å². The maximum Gasteiger partial charge on any atom is 0.328 e. The summed E-state index contributed by atoms with van der Waals surface area (Å²) in [6.45, 7) is 6.18. The molecule has 2 heterocycles. The van der Waals surface area contributed by atoms with E-state index >= 15 is 0 Å². The van der Waals surface area contributed by atoms with Crippen LogP contribution in [0.1, 0.15) is 23.9 Å². The lowest BCUT2D eigenvalue weighted by molar-refractivity contribution is -0.122. The Kier molecular flexibility index (Phi) is 4.59. The number of hydrogen-bond donors (Lipinski definition) is 1. The number of nitrogens with zero attached hydrogens (tertiary/aromatic N) is 3. The molecule has 6 nitrogen and oxygen atoms in total. The van der Waals surface area contributed by atoms with Gasteiger partial charge in [-0.3, -0.25) is 9.69 Å². The second-order valence-corrected chi connectivity index (χ2v) is 6.61. The lowest BCUT2D eigenvalue weighted by atomic mass is 10.2. The highest BCUT2D eigenvalue weighted by molar-refractivity contribution is 6.14. The molecule has 1 saturated heterocycles. The number of hydrogen-bond acceptors (Lipinski definition) is 3. The topological polar surface area (TPSA) is 57.6 Å². The average Bonchev–Trinajstić information content (AvgIpc) is 3.03. The van der Waals surface area contributed by atoms with Gasteiger partial charge in [0.05, 0.1) is 0 Å². The number of imide groups is 1. The molecule has 1 fully saturated rings.